The van der Waals surface area contributed by atoms with Crippen molar-refractivity contribution in [3.63, 3.8) is 0 Å². The molecule has 17 heavy (non-hydrogen) atoms. The molecule has 0 fully saturated rings. The fraction of sp³-hybridized carbons (Fsp3) is 0.308. The van der Waals surface area contributed by atoms with Gasteiger partial charge in [0.1, 0.15) is 0 Å². The summed E-state index contributed by atoms with van der Waals surface area (Å²) in [5.41, 5.74) is 3.57. The van der Waals surface area contributed by atoms with Gasteiger partial charge in [-0.2, -0.15) is 5.10 Å². The SMILES string of the molecule is CNCc1ccccc1Cn1ncc(Cl)c1C. The molecule has 1 heterocycles. The minimum Gasteiger partial charge on any atom is -0.316 e. The molecular formula is C13H16ClN3. The summed E-state index contributed by atoms with van der Waals surface area (Å²) in [6.07, 6.45) is 1.69. The van der Waals surface area contributed by atoms with Crippen LogP contribution < -0.4 is 5.32 Å². The third-order valence-corrected chi connectivity index (χ3v) is 3.22. The summed E-state index contributed by atoms with van der Waals surface area (Å²) in [4.78, 5) is 0. The van der Waals surface area contributed by atoms with Crippen LogP contribution in [0.4, 0.5) is 0 Å². The lowest BCUT2D eigenvalue weighted by Gasteiger charge is -2.10. The highest BCUT2D eigenvalue weighted by Gasteiger charge is 2.06. The molecule has 90 valence electrons. The minimum atomic E-state index is 0.719. The van der Waals surface area contributed by atoms with E-state index >= 15 is 0 Å². The Morgan fingerprint density at radius 2 is 2.00 bits per heavy atom. The standard InChI is InChI=1S/C13H16ClN3/c1-10-13(14)8-16-17(10)9-12-6-4-3-5-11(12)7-15-2/h3-6,8,15H,7,9H2,1-2H3. The maximum Gasteiger partial charge on any atom is 0.0815 e. The van der Waals surface area contributed by atoms with Crippen LogP contribution in [-0.4, -0.2) is 16.8 Å². The van der Waals surface area contributed by atoms with E-state index in [4.69, 9.17) is 11.6 Å². The molecule has 2 aromatic rings. The van der Waals surface area contributed by atoms with E-state index in [-0.39, 0.29) is 0 Å². The number of benzene rings is 1. The number of rotatable bonds is 4. The van der Waals surface area contributed by atoms with Crippen LogP contribution >= 0.6 is 11.6 Å². The Morgan fingerprint density at radius 1 is 1.29 bits per heavy atom. The summed E-state index contributed by atoms with van der Waals surface area (Å²) >= 11 is 6.00. The van der Waals surface area contributed by atoms with Crippen LogP contribution in [-0.2, 0) is 13.1 Å². The number of nitrogens with one attached hydrogen (secondary N) is 1. The fourth-order valence-electron chi connectivity index (χ4n) is 1.82. The maximum atomic E-state index is 6.00. The predicted octanol–water partition coefficient (Wildman–Crippen LogP) is 2.61. The van der Waals surface area contributed by atoms with Crippen LogP contribution in [0.3, 0.4) is 0 Å². The van der Waals surface area contributed by atoms with Crippen LogP contribution in [0.25, 0.3) is 0 Å². The van der Waals surface area contributed by atoms with E-state index in [1.807, 2.05) is 18.7 Å². The summed E-state index contributed by atoms with van der Waals surface area (Å²) in [6, 6.07) is 8.36. The summed E-state index contributed by atoms with van der Waals surface area (Å²) in [6.45, 7) is 3.61. The van der Waals surface area contributed by atoms with Gasteiger partial charge in [-0.25, -0.2) is 0 Å². The van der Waals surface area contributed by atoms with Gasteiger partial charge in [-0.3, -0.25) is 4.68 Å². The first-order valence-corrected chi connectivity index (χ1v) is 5.99. The van der Waals surface area contributed by atoms with Crippen molar-refractivity contribution in [2.75, 3.05) is 7.05 Å². The van der Waals surface area contributed by atoms with Crippen LogP contribution in [0.5, 0.6) is 0 Å². The lowest BCUT2D eigenvalue weighted by atomic mass is 10.1. The van der Waals surface area contributed by atoms with Crippen molar-refractivity contribution < 1.29 is 0 Å². The van der Waals surface area contributed by atoms with Crippen molar-refractivity contribution in [1.82, 2.24) is 15.1 Å². The van der Waals surface area contributed by atoms with Crippen LogP contribution in [0.2, 0.25) is 5.02 Å². The zero-order chi connectivity index (χ0) is 12.3. The van der Waals surface area contributed by atoms with E-state index in [0.717, 1.165) is 23.8 Å². The number of hydrogen-bond acceptors (Lipinski definition) is 2. The van der Waals surface area contributed by atoms with Crippen molar-refractivity contribution in [3.05, 3.63) is 52.3 Å². The van der Waals surface area contributed by atoms with Crippen molar-refractivity contribution in [2.24, 2.45) is 0 Å². The second-order valence-electron chi connectivity index (χ2n) is 4.03. The first-order valence-electron chi connectivity index (χ1n) is 5.61. The molecular weight excluding hydrogens is 234 g/mol. The van der Waals surface area contributed by atoms with Gasteiger partial charge in [-0.1, -0.05) is 35.9 Å². The normalized spacial score (nSPS) is 10.8. The molecule has 1 aromatic heterocycles. The Kier molecular flexibility index (Phi) is 3.82. The molecule has 0 aliphatic heterocycles. The Labute approximate surface area is 106 Å². The molecule has 0 bridgehead atoms. The molecule has 0 aliphatic carbocycles. The molecule has 0 aliphatic rings. The molecule has 0 radical (unpaired) electrons. The third kappa shape index (κ3) is 2.68. The highest BCUT2D eigenvalue weighted by molar-refractivity contribution is 6.31. The zero-order valence-corrected chi connectivity index (χ0v) is 10.8. The molecule has 4 heteroatoms. The van der Waals surface area contributed by atoms with Gasteiger partial charge in [0.05, 0.1) is 23.5 Å². The predicted molar refractivity (Wildman–Crippen MR) is 70.3 cm³/mol. The topological polar surface area (TPSA) is 29.9 Å². The molecule has 0 atom stereocenters. The van der Waals surface area contributed by atoms with Gasteiger partial charge in [0.2, 0.25) is 0 Å². The summed E-state index contributed by atoms with van der Waals surface area (Å²) in [7, 11) is 1.95. The van der Waals surface area contributed by atoms with Crippen LogP contribution in [0.1, 0.15) is 16.8 Å². The number of aromatic nitrogens is 2. The Hall–Kier alpha value is -1.32. The van der Waals surface area contributed by atoms with Crippen molar-refractivity contribution in [1.29, 1.82) is 0 Å². The average Bonchev–Trinajstić information content (AvgIpc) is 2.64. The van der Waals surface area contributed by atoms with Gasteiger partial charge >= 0.3 is 0 Å². The van der Waals surface area contributed by atoms with Gasteiger partial charge in [0.15, 0.2) is 0 Å². The second-order valence-corrected chi connectivity index (χ2v) is 4.44. The van der Waals surface area contributed by atoms with Gasteiger partial charge in [-0.15, -0.1) is 0 Å². The molecule has 0 spiro atoms. The Morgan fingerprint density at radius 3 is 2.59 bits per heavy atom. The van der Waals surface area contributed by atoms with E-state index in [1.54, 1.807) is 6.20 Å². The fourth-order valence-corrected chi connectivity index (χ4v) is 1.96. The molecule has 0 saturated heterocycles. The first-order chi connectivity index (χ1) is 8.22. The highest BCUT2D eigenvalue weighted by Crippen LogP contribution is 2.16. The molecule has 0 amide bonds. The summed E-state index contributed by atoms with van der Waals surface area (Å²) in [5.74, 6) is 0. The van der Waals surface area contributed by atoms with Crippen molar-refractivity contribution in [3.8, 4) is 0 Å². The van der Waals surface area contributed by atoms with E-state index in [2.05, 4.69) is 34.7 Å². The highest BCUT2D eigenvalue weighted by atomic mass is 35.5. The number of nitrogens with zero attached hydrogens (tertiary/aromatic N) is 2. The summed E-state index contributed by atoms with van der Waals surface area (Å²) < 4.78 is 1.93. The van der Waals surface area contributed by atoms with Crippen LogP contribution in [0, 0.1) is 6.92 Å². The number of halogens is 1. The van der Waals surface area contributed by atoms with Gasteiger partial charge in [-0.05, 0) is 25.1 Å². The second kappa shape index (κ2) is 5.34. The maximum absolute atomic E-state index is 6.00. The smallest absolute Gasteiger partial charge is 0.0815 e. The average molecular weight is 250 g/mol. The molecule has 1 aromatic carbocycles. The third-order valence-electron chi connectivity index (χ3n) is 2.85. The van der Waals surface area contributed by atoms with Gasteiger partial charge in [0.25, 0.3) is 0 Å². The summed E-state index contributed by atoms with van der Waals surface area (Å²) in [5, 5.41) is 8.17. The van der Waals surface area contributed by atoms with E-state index in [9.17, 15) is 0 Å². The lowest BCUT2D eigenvalue weighted by molar-refractivity contribution is 0.656. The lowest BCUT2D eigenvalue weighted by Crippen LogP contribution is -2.11. The minimum absolute atomic E-state index is 0.719. The van der Waals surface area contributed by atoms with E-state index < -0.39 is 0 Å². The van der Waals surface area contributed by atoms with Gasteiger partial charge < -0.3 is 5.32 Å². The van der Waals surface area contributed by atoms with Crippen molar-refractivity contribution in [2.45, 2.75) is 20.0 Å². The Balaban J connectivity index is 2.26. The molecule has 0 saturated carbocycles. The molecule has 1 N–H and O–H groups in total. The molecule has 2 rings (SSSR count). The first kappa shape index (κ1) is 12.1. The molecule has 0 unspecified atom stereocenters. The quantitative estimate of drug-likeness (QED) is 0.903. The zero-order valence-electron chi connectivity index (χ0n) is 10.1. The van der Waals surface area contributed by atoms with Gasteiger partial charge in [0, 0.05) is 6.54 Å². The number of hydrogen-bond donors (Lipinski definition) is 1. The van der Waals surface area contributed by atoms with Crippen molar-refractivity contribution >= 4 is 11.6 Å². The van der Waals surface area contributed by atoms with E-state index in [1.165, 1.54) is 11.1 Å². The molecule has 3 nitrogen and oxygen atoms in total. The monoisotopic (exact) mass is 249 g/mol. The largest absolute Gasteiger partial charge is 0.316 e. The van der Waals surface area contributed by atoms with Crippen LogP contribution in [0.15, 0.2) is 30.5 Å². The van der Waals surface area contributed by atoms with E-state index in [0.29, 0.717) is 0 Å². The Bertz CT molecular complexity index is 505.